The minimum Gasteiger partial charge on any atom is -0.351 e. The molecule has 5 nitrogen and oxygen atoms in total. The van der Waals surface area contributed by atoms with E-state index in [0.717, 1.165) is 16.5 Å². The number of hydrogen-bond acceptors (Lipinski definition) is 2. The van der Waals surface area contributed by atoms with Crippen LogP contribution in [0.1, 0.15) is 24.1 Å². The van der Waals surface area contributed by atoms with Crippen LogP contribution in [0.15, 0.2) is 65.6 Å². The maximum Gasteiger partial charge on any atom is 0.315 e. The molecule has 1 unspecified atom stereocenters. The molecule has 3 rings (SSSR count). The fourth-order valence-electron chi connectivity index (χ4n) is 3.09. The second-order valence-corrected chi connectivity index (χ2v) is 5.56. The van der Waals surface area contributed by atoms with Gasteiger partial charge in [0.25, 0.3) is 5.56 Å². The van der Waals surface area contributed by atoms with Crippen LogP contribution in [-0.2, 0) is 0 Å². The molecule has 0 radical (unpaired) electrons. The van der Waals surface area contributed by atoms with Crippen molar-refractivity contribution in [1.29, 1.82) is 0 Å². The van der Waals surface area contributed by atoms with Crippen molar-refractivity contribution in [2.24, 2.45) is 5.73 Å². The molecule has 5 heteroatoms. The largest absolute Gasteiger partial charge is 0.351 e. The van der Waals surface area contributed by atoms with E-state index in [1.807, 2.05) is 55.5 Å². The summed E-state index contributed by atoms with van der Waals surface area (Å²) in [5, 5.41) is 1.41. The number of H-pyrrole nitrogens is 1. The average molecular weight is 321 g/mol. The highest BCUT2D eigenvalue weighted by atomic mass is 16.2. The Morgan fingerprint density at radius 1 is 1.08 bits per heavy atom. The first kappa shape index (κ1) is 15.8. The van der Waals surface area contributed by atoms with Crippen LogP contribution < -0.4 is 11.3 Å². The number of rotatable bonds is 4. The number of benzene rings is 2. The van der Waals surface area contributed by atoms with Gasteiger partial charge in [0.05, 0.1) is 6.04 Å². The van der Waals surface area contributed by atoms with Gasteiger partial charge in [-0.3, -0.25) is 4.79 Å². The first-order valence-corrected chi connectivity index (χ1v) is 7.84. The van der Waals surface area contributed by atoms with Crippen molar-refractivity contribution >= 4 is 16.8 Å². The Hall–Kier alpha value is -3.08. The topological polar surface area (TPSA) is 79.2 Å². The summed E-state index contributed by atoms with van der Waals surface area (Å²) in [6.07, 6.45) is 1.67. The average Bonchev–Trinajstić information content (AvgIpc) is 2.61. The van der Waals surface area contributed by atoms with Gasteiger partial charge in [0.15, 0.2) is 0 Å². The number of hydrogen-bond donors (Lipinski definition) is 2. The molecule has 0 aliphatic heterocycles. The van der Waals surface area contributed by atoms with E-state index < -0.39 is 6.03 Å². The maximum absolute atomic E-state index is 12.1. The molecular formula is C19H19N3O2. The lowest BCUT2D eigenvalue weighted by atomic mass is 9.94. The molecule has 0 bridgehead atoms. The lowest BCUT2D eigenvalue weighted by Crippen LogP contribution is -2.39. The number of carbonyl (C=O) groups is 1. The molecule has 122 valence electrons. The van der Waals surface area contributed by atoms with Crippen LogP contribution in [0.4, 0.5) is 4.79 Å². The van der Waals surface area contributed by atoms with Crippen molar-refractivity contribution < 1.29 is 4.79 Å². The molecule has 2 amide bonds. The molecule has 0 fully saturated rings. The number of nitrogens with one attached hydrogen (secondary N) is 1. The number of pyridine rings is 1. The molecule has 3 aromatic rings. The van der Waals surface area contributed by atoms with Crippen molar-refractivity contribution in [1.82, 2.24) is 9.88 Å². The fraction of sp³-hybridized carbons (Fsp3) is 0.158. The lowest BCUT2D eigenvalue weighted by Gasteiger charge is -2.30. The monoisotopic (exact) mass is 321 g/mol. The summed E-state index contributed by atoms with van der Waals surface area (Å²) in [7, 11) is 0. The van der Waals surface area contributed by atoms with E-state index in [4.69, 9.17) is 5.73 Å². The van der Waals surface area contributed by atoms with Crippen molar-refractivity contribution in [3.8, 4) is 0 Å². The molecule has 0 aliphatic rings. The molecular weight excluding hydrogens is 302 g/mol. The molecule has 3 N–H and O–H groups in total. The van der Waals surface area contributed by atoms with Gasteiger partial charge in [-0.25, -0.2) is 4.79 Å². The maximum atomic E-state index is 12.1. The Balaban J connectivity index is 2.29. The minimum absolute atomic E-state index is 0.150. The summed E-state index contributed by atoms with van der Waals surface area (Å²) < 4.78 is 0. The van der Waals surface area contributed by atoms with Crippen LogP contribution in [-0.4, -0.2) is 22.5 Å². The Morgan fingerprint density at radius 2 is 1.71 bits per heavy atom. The molecule has 0 aliphatic carbocycles. The summed E-state index contributed by atoms with van der Waals surface area (Å²) in [6.45, 7) is 2.34. The van der Waals surface area contributed by atoms with Gasteiger partial charge in [0.1, 0.15) is 0 Å². The Kier molecular flexibility index (Phi) is 4.33. The normalized spacial score (nSPS) is 12.0. The minimum atomic E-state index is -0.498. The van der Waals surface area contributed by atoms with Gasteiger partial charge in [0.2, 0.25) is 0 Å². The fourth-order valence-corrected chi connectivity index (χ4v) is 3.09. The molecule has 1 aromatic heterocycles. The Bertz CT molecular complexity index is 919. The smallest absolute Gasteiger partial charge is 0.315 e. The van der Waals surface area contributed by atoms with E-state index in [1.165, 1.54) is 0 Å². The molecule has 2 aromatic carbocycles. The first-order chi connectivity index (χ1) is 11.6. The van der Waals surface area contributed by atoms with E-state index in [2.05, 4.69) is 4.98 Å². The molecule has 0 spiro atoms. The van der Waals surface area contributed by atoms with Gasteiger partial charge in [-0.1, -0.05) is 48.5 Å². The predicted octanol–water partition coefficient (Wildman–Crippen LogP) is 3.02. The summed E-state index contributed by atoms with van der Waals surface area (Å²) in [5.41, 5.74) is 7.25. The third-order valence-electron chi connectivity index (χ3n) is 4.19. The van der Waals surface area contributed by atoms with Crippen molar-refractivity contribution in [3.05, 3.63) is 82.3 Å². The number of urea groups is 1. The van der Waals surface area contributed by atoms with Gasteiger partial charge in [-0.15, -0.1) is 0 Å². The van der Waals surface area contributed by atoms with E-state index in [9.17, 15) is 9.59 Å². The van der Waals surface area contributed by atoms with Crippen LogP contribution in [0, 0.1) is 0 Å². The van der Waals surface area contributed by atoms with Gasteiger partial charge in [0, 0.05) is 23.7 Å². The molecule has 24 heavy (non-hydrogen) atoms. The van der Waals surface area contributed by atoms with E-state index in [0.29, 0.717) is 11.9 Å². The quantitative estimate of drug-likeness (QED) is 0.774. The van der Waals surface area contributed by atoms with Crippen LogP contribution >= 0.6 is 0 Å². The zero-order valence-corrected chi connectivity index (χ0v) is 13.4. The van der Waals surface area contributed by atoms with E-state index in [1.54, 1.807) is 17.2 Å². The van der Waals surface area contributed by atoms with Gasteiger partial charge >= 0.3 is 6.03 Å². The number of nitrogens with two attached hydrogens (primary N) is 1. The summed E-state index contributed by atoms with van der Waals surface area (Å²) in [5.74, 6) is 0. The van der Waals surface area contributed by atoms with Gasteiger partial charge in [-0.2, -0.15) is 0 Å². The van der Waals surface area contributed by atoms with Crippen molar-refractivity contribution in [3.63, 3.8) is 0 Å². The highest BCUT2D eigenvalue weighted by molar-refractivity contribution is 5.86. The molecule has 1 atom stereocenters. The number of aromatic nitrogens is 1. The summed E-state index contributed by atoms with van der Waals surface area (Å²) in [4.78, 5) is 28.5. The molecule has 1 heterocycles. The zero-order chi connectivity index (χ0) is 17.1. The third kappa shape index (κ3) is 2.76. The van der Waals surface area contributed by atoms with Gasteiger partial charge in [-0.05, 0) is 23.9 Å². The number of primary amides is 1. The van der Waals surface area contributed by atoms with Crippen LogP contribution in [0.2, 0.25) is 0 Å². The van der Waals surface area contributed by atoms with Crippen molar-refractivity contribution in [2.75, 3.05) is 6.54 Å². The third-order valence-corrected chi connectivity index (χ3v) is 4.19. The number of carbonyl (C=O) groups excluding carboxylic acids is 1. The van der Waals surface area contributed by atoms with Crippen molar-refractivity contribution in [2.45, 2.75) is 13.0 Å². The number of amides is 2. The van der Waals surface area contributed by atoms with Crippen LogP contribution in [0.5, 0.6) is 0 Å². The highest BCUT2D eigenvalue weighted by Gasteiger charge is 2.26. The Morgan fingerprint density at radius 3 is 2.33 bits per heavy atom. The molecule has 0 saturated heterocycles. The van der Waals surface area contributed by atoms with E-state index in [-0.39, 0.29) is 11.6 Å². The highest BCUT2D eigenvalue weighted by Crippen LogP contribution is 2.32. The van der Waals surface area contributed by atoms with Gasteiger partial charge < -0.3 is 15.6 Å². The predicted molar refractivity (Wildman–Crippen MR) is 94.8 cm³/mol. The first-order valence-electron chi connectivity index (χ1n) is 7.84. The van der Waals surface area contributed by atoms with Crippen LogP contribution in [0.3, 0.4) is 0 Å². The number of nitrogens with zero attached hydrogens (tertiary/aromatic N) is 1. The standard InChI is InChI=1S/C19H19N3O2/c1-2-22(19(20)24)17(13-8-4-3-5-9-13)16-12-21-18(23)15-11-7-6-10-14(15)16/h3-12,17H,2H2,1H3,(H2,20,24)(H,21,23). The van der Waals surface area contributed by atoms with E-state index >= 15 is 0 Å². The molecule has 0 saturated carbocycles. The second-order valence-electron chi connectivity index (χ2n) is 5.56. The Labute approximate surface area is 139 Å². The second kappa shape index (κ2) is 6.58. The summed E-state index contributed by atoms with van der Waals surface area (Å²) in [6, 6.07) is 16.2. The van der Waals surface area contributed by atoms with Crippen LogP contribution in [0.25, 0.3) is 10.8 Å². The zero-order valence-electron chi connectivity index (χ0n) is 13.4. The number of fused-ring (bicyclic) bond motifs is 1. The lowest BCUT2D eigenvalue weighted by molar-refractivity contribution is 0.197. The summed E-state index contributed by atoms with van der Waals surface area (Å²) >= 11 is 0. The SMILES string of the molecule is CCN(C(N)=O)C(c1ccccc1)c1c[nH]c(=O)c2ccccc12. The number of aromatic amines is 1.